The second kappa shape index (κ2) is 6.31. The number of hydrogen-bond acceptors (Lipinski definition) is 3. The standard InChI is InChI=1S/C15H15N3/c16-12-11-15(17-13-7-3-1-4-8-13)18-14-9-5-2-6-10-14/h1-10,15,17-18H,11H2. The van der Waals surface area contributed by atoms with Crippen molar-refractivity contribution in [3.63, 3.8) is 0 Å². The summed E-state index contributed by atoms with van der Waals surface area (Å²) in [5.41, 5.74) is 2.00. The molecule has 2 N–H and O–H groups in total. The fourth-order valence-corrected chi connectivity index (χ4v) is 1.70. The van der Waals surface area contributed by atoms with Crippen molar-refractivity contribution in [3.05, 3.63) is 60.7 Å². The van der Waals surface area contributed by atoms with Crippen LogP contribution in [0.15, 0.2) is 60.7 Å². The van der Waals surface area contributed by atoms with E-state index in [1.807, 2.05) is 60.7 Å². The molecule has 3 nitrogen and oxygen atoms in total. The maximum atomic E-state index is 8.86. The van der Waals surface area contributed by atoms with Gasteiger partial charge in [0, 0.05) is 11.4 Å². The number of nitrogens with one attached hydrogen (secondary N) is 2. The van der Waals surface area contributed by atoms with Gasteiger partial charge in [-0.15, -0.1) is 0 Å². The van der Waals surface area contributed by atoms with E-state index in [0.717, 1.165) is 11.4 Å². The van der Waals surface area contributed by atoms with Gasteiger partial charge in [-0.25, -0.2) is 0 Å². The number of hydrogen-bond donors (Lipinski definition) is 2. The number of nitrogens with zero attached hydrogens (tertiary/aromatic N) is 1. The van der Waals surface area contributed by atoms with Crippen molar-refractivity contribution in [1.82, 2.24) is 0 Å². The van der Waals surface area contributed by atoms with E-state index in [9.17, 15) is 0 Å². The average molecular weight is 237 g/mol. The lowest BCUT2D eigenvalue weighted by Gasteiger charge is -2.19. The molecule has 0 aliphatic heterocycles. The van der Waals surface area contributed by atoms with Gasteiger partial charge >= 0.3 is 0 Å². The number of nitriles is 1. The van der Waals surface area contributed by atoms with E-state index >= 15 is 0 Å². The van der Waals surface area contributed by atoms with Gasteiger partial charge in [-0.05, 0) is 24.3 Å². The zero-order valence-electron chi connectivity index (χ0n) is 10.0. The molecule has 3 heteroatoms. The number of benzene rings is 2. The first-order chi connectivity index (χ1) is 8.88. The molecule has 0 bridgehead atoms. The van der Waals surface area contributed by atoms with Crippen LogP contribution in [0.3, 0.4) is 0 Å². The molecule has 0 heterocycles. The lowest BCUT2D eigenvalue weighted by molar-refractivity contribution is 0.837. The summed E-state index contributed by atoms with van der Waals surface area (Å²) in [5.74, 6) is 0. The van der Waals surface area contributed by atoms with E-state index in [2.05, 4.69) is 16.7 Å². The van der Waals surface area contributed by atoms with Gasteiger partial charge in [-0.1, -0.05) is 36.4 Å². The molecule has 0 aliphatic rings. The minimum atomic E-state index is -0.0974. The first-order valence-corrected chi connectivity index (χ1v) is 5.88. The Bertz CT molecular complexity index is 461. The Morgan fingerprint density at radius 3 is 1.67 bits per heavy atom. The molecule has 0 aliphatic carbocycles. The first kappa shape index (κ1) is 12.0. The van der Waals surface area contributed by atoms with Gasteiger partial charge in [0.1, 0.15) is 6.17 Å². The lowest BCUT2D eigenvalue weighted by Crippen LogP contribution is -2.28. The minimum Gasteiger partial charge on any atom is -0.365 e. The third-order valence-corrected chi connectivity index (χ3v) is 2.52. The highest BCUT2D eigenvalue weighted by Gasteiger charge is 2.07. The maximum absolute atomic E-state index is 8.86. The van der Waals surface area contributed by atoms with Crippen molar-refractivity contribution < 1.29 is 0 Å². The molecular formula is C15H15N3. The van der Waals surface area contributed by atoms with Crippen LogP contribution in [0.2, 0.25) is 0 Å². The van der Waals surface area contributed by atoms with Crippen molar-refractivity contribution >= 4 is 11.4 Å². The quantitative estimate of drug-likeness (QED) is 0.783. The van der Waals surface area contributed by atoms with Gasteiger partial charge in [0.25, 0.3) is 0 Å². The monoisotopic (exact) mass is 237 g/mol. The molecular weight excluding hydrogens is 222 g/mol. The Morgan fingerprint density at radius 1 is 0.833 bits per heavy atom. The molecule has 2 rings (SSSR count). The van der Waals surface area contributed by atoms with E-state index in [4.69, 9.17) is 5.26 Å². The molecule has 90 valence electrons. The van der Waals surface area contributed by atoms with Crippen molar-refractivity contribution in [1.29, 1.82) is 5.26 Å². The number of rotatable bonds is 5. The van der Waals surface area contributed by atoms with Crippen LogP contribution >= 0.6 is 0 Å². The predicted octanol–water partition coefficient (Wildman–Crippen LogP) is 3.45. The molecule has 0 saturated heterocycles. The highest BCUT2D eigenvalue weighted by molar-refractivity contribution is 5.49. The summed E-state index contributed by atoms with van der Waals surface area (Å²) in [6, 6.07) is 21.9. The van der Waals surface area contributed by atoms with Crippen LogP contribution in [0.4, 0.5) is 11.4 Å². The largest absolute Gasteiger partial charge is 0.365 e. The molecule has 0 saturated carbocycles. The van der Waals surface area contributed by atoms with E-state index in [-0.39, 0.29) is 6.17 Å². The van der Waals surface area contributed by atoms with E-state index in [1.165, 1.54) is 0 Å². The van der Waals surface area contributed by atoms with Crippen LogP contribution in [0.25, 0.3) is 0 Å². The van der Waals surface area contributed by atoms with Crippen LogP contribution in [0.5, 0.6) is 0 Å². The summed E-state index contributed by atoms with van der Waals surface area (Å²) in [6.07, 6.45) is 0.295. The zero-order chi connectivity index (χ0) is 12.6. The third kappa shape index (κ3) is 3.53. The fraction of sp³-hybridized carbons (Fsp3) is 0.133. The van der Waals surface area contributed by atoms with E-state index in [0.29, 0.717) is 6.42 Å². The van der Waals surface area contributed by atoms with Crippen LogP contribution in [0.1, 0.15) is 6.42 Å². The summed E-state index contributed by atoms with van der Waals surface area (Å²) in [6.45, 7) is 0. The van der Waals surface area contributed by atoms with Crippen LogP contribution in [0, 0.1) is 11.3 Å². The molecule has 0 amide bonds. The minimum absolute atomic E-state index is 0.0974. The van der Waals surface area contributed by atoms with Crippen LogP contribution < -0.4 is 10.6 Å². The summed E-state index contributed by atoms with van der Waals surface area (Å²) in [5, 5.41) is 15.5. The SMILES string of the molecule is N#CCC(Nc1ccccc1)Nc1ccccc1. The Morgan fingerprint density at radius 2 is 1.28 bits per heavy atom. The Hall–Kier alpha value is -2.47. The van der Waals surface area contributed by atoms with Gasteiger partial charge in [0.2, 0.25) is 0 Å². The van der Waals surface area contributed by atoms with Gasteiger partial charge in [0.15, 0.2) is 0 Å². The maximum Gasteiger partial charge on any atom is 0.110 e. The average Bonchev–Trinajstić information content (AvgIpc) is 2.41. The lowest BCUT2D eigenvalue weighted by atomic mass is 10.2. The van der Waals surface area contributed by atoms with Crippen molar-refractivity contribution in [2.75, 3.05) is 10.6 Å². The van der Waals surface area contributed by atoms with Gasteiger partial charge in [-0.3, -0.25) is 0 Å². The molecule has 18 heavy (non-hydrogen) atoms. The van der Waals surface area contributed by atoms with Crippen LogP contribution in [-0.2, 0) is 0 Å². The molecule has 2 aromatic carbocycles. The van der Waals surface area contributed by atoms with Gasteiger partial charge in [-0.2, -0.15) is 5.26 Å². The summed E-state index contributed by atoms with van der Waals surface area (Å²) >= 11 is 0. The molecule has 0 aromatic heterocycles. The zero-order valence-corrected chi connectivity index (χ0v) is 10.0. The number of para-hydroxylation sites is 2. The van der Waals surface area contributed by atoms with E-state index < -0.39 is 0 Å². The summed E-state index contributed by atoms with van der Waals surface area (Å²) in [4.78, 5) is 0. The molecule has 0 radical (unpaired) electrons. The predicted molar refractivity (Wildman–Crippen MR) is 74.1 cm³/mol. The van der Waals surface area contributed by atoms with Crippen molar-refractivity contribution in [2.24, 2.45) is 0 Å². The molecule has 0 atom stereocenters. The molecule has 0 spiro atoms. The highest BCUT2D eigenvalue weighted by atomic mass is 15.1. The van der Waals surface area contributed by atoms with Gasteiger partial charge in [0.05, 0.1) is 12.5 Å². The Balaban J connectivity index is 2.03. The smallest absolute Gasteiger partial charge is 0.110 e. The van der Waals surface area contributed by atoms with Gasteiger partial charge < -0.3 is 10.6 Å². The second-order valence-corrected chi connectivity index (χ2v) is 3.94. The summed E-state index contributed by atoms with van der Waals surface area (Å²) in [7, 11) is 0. The fourth-order valence-electron chi connectivity index (χ4n) is 1.70. The highest BCUT2D eigenvalue weighted by Crippen LogP contribution is 2.12. The third-order valence-electron chi connectivity index (χ3n) is 2.52. The topological polar surface area (TPSA) is 47.9 Å². The van der Waals surface area contributed by atoms with Crippen molar-refractivity contribution in [2.45, 2.75) is 12.6 Å². The molecule has 0 fully saturated rings. The van der Waals surface area contributed by atoms with Crippen LogP contribution in [-0.4, -0.2) is 6.17 Å². The Labute approximate surface area is 107 Å². The molecule has 2 aromatic rings. The summed E-state index contributed by atoms with van der Waals surface area (Å²) < 4.78 is 0. The molecule has 0 unspecified atom stereocenters. The van der Waals surface area contributed by atoms with Crippen molar-refractivity contribution in [3.8, 4) is 6.07 Å². The Kier molecular flexibility index (Phi) is 4.21. The first-order valence-electron chi connectivity index (χ1n) is 5.88. The second-order valence-electron chi connectivity index (χ2n) is 3.94. The normalized spacial score (nSPS) is 9.78. The van der Waals surface area contributed by atoms with E-state index in [1.54, 1.807) is 0 Å². The number of anilines is 2.